The van der Waals surface area contributed by atoms with Crippen LogP contribution in [0, 0.1) is 6.92 Å². The molecule has 1 aliphatic carbocycles. The molecule has 1 aromatic heterocycles. The van der Waals surface area contributed by atoms with Crippen LogP contribution in [-0.4, -0.2) is 21.2 Å². The number of benzene rings is 1. The van der Waals surface area contributed by atoms with Gasteiger partial charge in [-0.15, -0.1) is 0 Å². The Morgan fingerprint density at radius 1 is 1.04 bits per heavy atom. The number of aromatic nitrogens is 2. The molecule has 1 amide bonds. The molecule has 0 aliphatic heterocycles. The smallest absolute Gasteiger partial charge is 0.271 e. The Balaban J connectivity index is 1.65. The molecule has 0 saturated heterocycles. The summed E-state index contributed by atoms with van der Waals surface area (Å²) in [5.41, 5.74) is 6.49. The van der Waals surface area contributed by atoms with E-state index < -0.39 is 0 Å². The summed E-state index contributed by atoms with van der Waals surface area (Å²) in [5, 5.41) is 4.50. The zero-order valence-electron chi connectivity index (χ0n) is 17.5. The largest absolute Gasteiger partial charge is 0.329 e. The molecule has 2 aromatic rings. The summed E-state index contributed by atoms with van der Waals surface area (Å²) in [6.45, 7) is 4.98. The molecule has 0 atom stereocenters. The molecule has 1 fully saturated rings. The monoisotopic (exact) mass is 382 g/mol. The normalized spacial score (nSPS) is 17.0. The fraction of sp³-hybridized carbons (Fsp3) is 0.609. The third-order valence-electron chi connectivity index (χ3n) is 5.76. The molecule has 3 rings (SSSR count). The van der Waals surface area contributed by atoms with Gasteiger partial charge in [-0.3, -0.25) is 4.79 Å². The second kappa shape index (κ2) is 10.4. The van der Waals surface area contributed by atoms with Gasteiger partial charge in [0.1, 0.15) is 5.82 Å². The Kier molecular flexibility index (Phi) is 7.63. The van der Waals surface area contributed by atoms with Crippen LogP contribution in [0.5, 0.6) is 0 Å². The molecule has 0 unspecified atom stereocenters. The first-order valence-electron chi connectivity index (χ1n) is 11.0. The van der Waals surface area contributed by atoms with Crippen molar-refractivity contribution in [1.82, 2.24) is 15.0 Å². The maximum absolute atomic E-state index is 12.6. The molecule has 28 heavy (non-hydrogen) atoms. The lowest BCUT2D eigenvalue weighted by Gasteiger charge is -2.10. The Bertz CT molecular complexity index is 807. The Labute approximate surface area is 168 Å². The molecule has 1 aliphatic rings. The molecule has 1 heterocycles. The standard InChI is InChI=1S/C23H34N4O/c1-3-27-18(2)24-21-17-19(15-16-22(21)27)23(28)26-25-20-13-11-9-7-5-4-6-8-10-12-14-20/h15-17H,3-14H2,1-2H3,(H,26,28). The number of carbonyl (C=O) groups is 1. The van der Waals surface area contributed by atoms with E-state index in [-0.39, 0.29) is 5.91 Å². The number of hydrogen-bond donors (Lipinski definition) is 1. The fourth-order valence-corrected chi connectivity index (χ4v) is 4.12. The van der Waals surface area contributed by atoms with Gasteiger partial charge in [0.05, 0.1) is 11.0 Å². The van der Waals surface area contributed by atoms with Crippen LogP contribution in [0.4, 0.5) is 0 Å². The fourth-order valence-electron chi connectivity index (χ4n) is 4.12. The van der Waals surface area contributed by atoms with Crippen molar-refractivity contribution >= 4 is 22.7 Å². The number of carbonyl (C=O) groups excluding carboxylic acids is 1. The number of hydrazone groups is 1. The lowest BCUT2D eigenvalue weighted by Crippen LogP contribution is -2.20. The van der Waals surface area contributed by atoms with Crippen LogP contribution in [0.2, 0.25) is 0 Å². The van der Waals surface area contributed by atoms with Crippen molar-refractivity contribution in [2.45, 2.75) is 91.0 Å². The molecular weight excluding hydrogens is 348 g/mol. The summed E-state index contributed by atoms with van der Waals surface area (Å²) < 4.78 is 2.15. The van der Waals surface area contributed by atoms with Crippen molar-refractivity contribution in [3.8, 4) is 0 Å². The highest BCUT2D eigenvalue weighted by atomic mass is 16.2. The first-order valence-corrected chi connectivity index (χ1v) is 11.0. The molecule has 5 heteroatoms. The highest BCUT2D eigenvalue weighted by Gasteiger charge is 2.11. The summed E-state index contributed by atoms with van der Waals surface area (Å²) in [7, 11) is 0. The van der Waals surface area contributed by atoms with E-state index in [0.717, 1.165) is 42.0 Å². The van der Waals surface area contributed by atoms with Gasteiger partial charge in [-0.05, 0) is 57.7 Å². The van der Waals surface area contributed by atoms with Gasteiger partial charge < -0.3 is 4.57 Å². The second-order valence-corrected chi connectivity index (χ2v) is 7.91. The number of amides is 1. The lowest BCUT2D eigenvalue weighted by molar-refractivity contribution is 0.0954. The summed E-state index contributed by atoms with van der Waals surface area (Å²) >= 11 is 0. The van der Waals surface area contributed by atoms with Gasteiger partial charge >= 0.3 is 0 Å². The number of nitrogens with one attached hydrogen (secondary N) is 1. The zero-order valence-corrected chi connectivity index (χ0v) is 17.5. The summed E-state index contributed by atoms with van der Waals surface area (Å²) in [6.07, 6.45) is 13.6. The maximum Gasteiger partial charge on any atom is 0.271 e. The Morgan fingerprint density at radius 3 is 2.25 bits per heavy atom. The van der Waals surface area contributed by atoms with Gasteiger partial charge in [-0.1, -0.05) is 44.9 Å². The van der Waals surface area contributed by atoms with Gasteiger partial charge in [0.2, 0.25) is 0 Å². The predicted molar refractivity (Wildman–Crippen MR) is 116 cm³/mol. The molecule has 1 aromatic carbocycles. The lowest BCUT2D eigenvalue weighted by atomic mass is 10.00. The van der Waals surface area contributed by atoms with Gasteiger partial charge in [-0.2, -0.15) is 5.10 Å². The van der Waals surface area contributed by atoms with Gasteiger partial charge in [-0.25, -0.2) is 10.4 Å². The summed E-state index contributed by atoms with van der Waals surface area (Å²) in [6, 6.07) is 5.72. The number of fused-ring (bicyclic) bond motifs is 1. The van der Waals surface area contributed by atoms with E-state index in [4.69, 9.17) is 0 Å². The molecular formula is C23H34N4O. The molecule has 152 valence electrons. The van der Waals surface area contributed by atoms with Crippen LogP contribution in [0.1, 0.15) is 93.7 Å². The Hall–Kier alpha value is -2.17. The number of aryl methyl sites for hydroxylation is 2. The minimum Gasteiger partial charge on any atom is -0.329 e. The number of rotatable bonds is 3. The van der Waals surface area contributed by atoms with Crippen LogP contribution >= 0.6 is 0 Å². The molecule has 1 saturated carbocycles. The van der Waals surface area contributed by atoms with E-state index in [9.17, 15) is 4.79 Å². The molecule has 0 bridgehead atoms. The Morgan fingerprint density at radius 2 is 1.64 bits per heavy atom. The van der Waals surface area contributed by atoms with Crippen LogP contribution in [0.15, 0.2) is 23.3 Å². The average molecular weight is 383 g/mol. The third kappa shape index (κ3) is 5.43. The summed E-state index contributed by atoms with van der Waals surface area (Å²) in [5.74, 6) is 0.827. The van der Waals surface area contributed by atoms with Crippen LogP contribution in [0.3, 0.4) is 0 Å². The quantitative estimate of drug-likeness (QED) is 0.687. The first-order chi connectivity index (χ1) is 13.7. The molecule has 0 radical (unpaired) electrons. The van der Waals surface area contributed by atoms with Gasteiger partial charge in [0, 0.05) is 17.8 Å². The first kappa shape index (κ1) is 20.6. The summed E-state index contributed by atoms with van der Waals surface area (Å²) in [4.78, 5) is 17.2. The van der Waals surface area contributed by atoms with E-state index in [1.807, 2.05) is 25.1 Å². The molecule has 1 N–H and O–H groups in total. The topological polar surface area (TPSA) is 59.3 Å². The number of hydrogen-bond acceptors (Lipinski definition) is 3. The highest BCUT2D eigenvalue weighted by Crippen LogP contribution is 2.18. The van der Waals surface area contributed by atoms with Crippen molar-refractivity contribution in [2.75, 3.05) is 0 Å². The third-order valence-corrected chi connectivity index (χ3v) is 5.76. The minimum atomic E-state index is -0.149. The van der Waals surface area contributed by atoms with Crippen LogP contribution < -0.4 is 5.43 Å². The molecule has 0 spiro atoms. The minimum absolute atomic E-state index is 0.149. The van der Waals surface area contributed by atoms with E-state index >= 15 is 0 Å². The highest BCUT2D eigenvalue weighted by molar-refractivity contribution is 5.98. The number of nitrogens with zero attached hydrogens (tertiary/aromatic N) is 3. The predicted octanol–water partition coefficient (Wildman–Crippen LogP) is 5.76. The number of imidazole rings is 1. The average Bonchev–Trinajstić information content (AvgIpc) is 3.01. The van der Waals surface area contributed by atoms with Crippen molar-refractivity contribution in [1.29, 1.82) is 0 Å². The van der Waals surface area contributed by atoms with Crippen molar-refractivity contribution in [3.05, 3.63) is 29.6 Å². The zero-order chi connectivity index (χ0) is 19.8. The SMILES string of the molecule is CCn1c(C)nc2cc(C(=O)NN=C3CCCCCCCCCCC3)ccc21. The second-order valence-electron chi connectivity index (χ2n) is 7.91. The van der Waals surface area contributed by atoms with Crippen LogP contribution in [0.25, 0.3) is 11.0 Å². The van der Waals surface area contributed by atoms with E-state index in [0.29, 0.717) is 5.56 Å². The van der Waals surface area contributed by atoms with E-state index in [2.05, 4.69) is 27.0 Å². The molecule has 5 nitrogen and oxygen atoms in total. The van der Waals surface area contributed by atoms with Crippen LogP contribution in [-0.2, 0) is 6.54 Å². The van der Waals surface area contributed by atoms with Gasteiger partial charge in [0.25, 0.3) is 5.91 Å². The van der Waals surface area contributed by atoms with E-state index in [1.54, 1.807) is 0 Å². The van der Waals surface area contributed by atoms with Crippen molar-refractivity contribution in [2.24, 2.45) is 5.10 Å². The van der Waals surface area contributed by atoms with E-state index in [1.165, 1.54) is 57.8 Å². The van der Waals surface area contributed by atoms with Crippen molar-refractivity contribution in [3.63, 3.8) is 0 Å². The maximum atomic E-state index is 12.6. The van der Waals surface area contributed by atoms with Crippen molar-refractivity contribution < 1.29 is 4.79 Å². The van der Waals surface area contributed by atoms with Gasteiger partial charge in [0.15, 0.2) is 0 Å².